The van der Waals surface area contributed by atoms with E-state index in [-0.39, 0.29) is 30.1 Å². The van der Waals surface area contributed by atoms with Crippen LogP contribution in [0.15, 0.2) is 66.0 Å². The normalized spacial score (nSPS) is 14.5. The zero-order chi connectivity index (χ0) is 24.1. The molecule has 0 radical (unpaired) electrons. The van der Waals surface area contributed by atoms with Crippen LogP contribution in [-0.4, -0.2) is 23.6 Å². The Labute approximate surface area is 202 Å². The van der Waals surface area contributed by atoms with Crippen LogP contribution in [0.1, 0.15) is 59.4 Å². The van der Waals surface area contributed by atoms with Crippen LogP contribution in [-0.2, 0) is 16.0 Å². The molecule has 2 amide bonds. The summed E-state index contributed by atoms with van der Waals surface area (Å²) in [6.07, 6.45) is 3.93. The molecule has 1 N–H and O–H groups in total. The number of rotatable bonds is 8. The molecule has 1 heterocycles. The van der Waals surface area contributed by atoms with Gasteiger partial charge in [0.05, 0.1) is 12.1 Å². The van der Waals surface area contributed by atoms with Crippen LogP contribution >= 0.6 is 11.3 Å². The van der Waals surface area contributed by atoms with Crippen LogP contribution in [0, 0.1) is 5.82 Å². The molecule has 3 aromatic rings. The fourth-order valence-corrected chi connectivity index (χ4v) is 5.16. The van der Waals surface area contributed by atoms with E-state index in [4.69, 9.17) is 0 Å². The number of carbonyl (C=O) groups excluding carboxylic acids is 3. The number of nitrogens with zero attached hydrogens (tertiary/aromatic N) is 1. The van der Waals surface area contributed by atoms with Crippen molar-refractivity contribution in [3.05, 3.63) is 87.9 Å². The second-order valence-corrected chi connectivity index (χ2v) is 9.57. The molecule has 2 aromatic carbocycles. The van der Waals surface area contributed by atoms with Gasteiger partial charge in [0.1, 0.15) is 11.9 Å². The summed E-state index contributed by atoms with van der Waals surface area (Å²) in [5, 5.41) is 4.99. The van der Waals surface area contributed by atoms with Crippen molar-refractivity contribution in [2.24, 2.45) is 0 Å². The van der Waals surface area contributed by atoms with Gasteiger partial charge in [0.15, 0.2) is 5.78 Å². The summed E-state index contributed by atoms with van der Waals surface area (Å²) < 4.78 is 13.8. The summed E-state index contributed by atoms with van der Waals surface area (Å²) in [7, 11) is 0. The average Bonchev–Trinajstić information content (AvgIpc) is 3.52. The lowest BCUT2D eigenvalue weighted by Gasteiger charge is -2.33. The maximum Gasteiger partial charge on any atom is 0.248 e. The number of benzene rings is 2. The van der Waals surface area contributed by atoms with Crippen LogP contribution in [0.2, 0.25) is 0 Å². The van der Waals surface area contributed by atoms with Crippen molar-refractivity contribution in [1.29, 1.82) is 0 Å². The Balaban J connectivity index is 1.82. The molecule has 1 aliphatic carbocycles. The first-order chi connectivity index (χ1) is 16.4. The smallest absolute Gasteiger partial charge is 0.248 e. The van der Waals surface area contributed by atoms with Crippen molar-refractivity contribution in [2.45, 2.75) is 51.1 Å². The molecule has 1 saturated carbocycles. The van der Waals surface area contributed by atoms with Crippen molar-refractivity contribution in [3.63, 3.8) is 0 Å². The van der Waals surface area contributed by atoms with Crippen LogP contribution in [0.25, 0.3) is 0 Å². The van der Waals surface area contributed by atoms with E-state index < -0.39 is 11.9 Å². The van der Waals surface area contributed by atoms with Gasteiger partial charge in [-0.15, -0.1) is 11.3 Å². The van der Waals surface area contributed by atoms with Gasteiger partial charge in [-0.05, 0) is 61.0 Å². The van der Waals surface area contributed by atoms with Gasteiger partial charge in [-0.25, -0.2) is 4.39 Å². The molecule has 0 aliphatic heterocycles. The first-order valence-electron chi connectivity index (χ1n) is 11.4. The summed E-state index contributed by atoms with van der Waals surface area (Å²) in [6.45, 7) is 1.44. The minimum atomic E-state index is -1.05. The number of anilines is 1. The molecular weight excluding hydrogens is 451 g/mol. The van der Waals surface area contributed by atoms with E-state index in [1.807, 2.05) is 17.5 Å². The van der Waals surface area contributed by atoms with Crippen LogP contribution in [0.4, 0.5) is 10.1 Å². The molecular formula is C27H27FN2O3S. The molecule has 1 aromatic heterocycles. The summed E-state index contributed by atoms with van der Waals surface area (Å²) in [4.78, 5) is 42.2. The third-order valence-corrected chi connectivity index (χ3v) is 6.99. The fraction of sp³-hybridized carbons (Fsp3) is 0.296. The Morgan fingerprint density at radius 2 is 1.74 bits per heavy atom. The highest BCUT2D eigenvalue weighted by Crippen LogP contribution is 2.33. The van der Waals surface area contributed by atoms with Gasteiger partial charge in [0, 0.05) is 16.5 Å². The highest BCUT2D eigenvalue weighted by Gasteiger charge is 2.35. The molecule has 176 valence electrons. The molecule has 0 unspecified atom stereocenters. The largest absolute Gasteiger partial charge is 0.351 e. The fourth-order valence-electron chi connectivity index (χ4n) is 4.46. The maximum absolute atomic E-state index is 13.8. The number of carbonyl (C=O) groups is 3. The number of halogens is 1. The van der Waals surface area contributed by atoms with E-state index in [9.17, 15) is 18.8 Å². The topological polar surface area (TPSA) is 66.5 Å². The van der Waals surface area contributed by atoms with Crippen LogP contribution in [0.3, 0.4) is 0 Å². The van der Waals surface area contributed by atoms with E-state index in [0.717, 1.165) is 30.6 Å². The van der Waals surface area contributed by atoms with Gasteiger partial charge < -0.3 is 5.32 Å². The highest BCUT2D eigenvalue weighted by molar-refractivity contribution is 7.10. The van der Waals surface area contributed by atoms with Gasteiger partial charge in [-0.2, -0.15) is 0 Å². The van der Waals surface area contributed by atoms with Gasteiger partial charge >= 0.3 is 0 Å². The Bertz CT molecular complexity index is 1150. The standard InChI is InChI=1S/C27H27FN2O3S/c1-18(31)23-10-4-5-11-24(23)30(25(32)17-22-9-6-16-34-22)26(19-12-14-20(28)15-13-19)27(33)29-21-7-2-3-8-21/h4-6,9-16,21,26H,2-3,7-8,17H2,1H3,(H,29,33)/t26-/m1/s1. The molecule has 5 nitrogen and oxygen atoms in total. The Morgan fingerprint density at radius 1 is 1.03 bits per heavy atom. The summed E-state index contributed by atoms with van der Waals surface area (Å²) in [5.74, 6) is -1.29. The zero-order valence-corrected chi connectivity index (χ0v) is 19.8. The third kappa shape index (κ3) is 5.42. The predicted molar refractivity (Wildman–Crippen MR) is 131 cm³/mol. The minimum absolute atomic E-state index is 0.0350. The number of hydrogen-bond donors (Lipinski definition) is 1. The number of amides is 2. The van der Waals surface area contributed by atoms with Crippen molar-refractivity contribution in [3.8, 4) is 0 Å². The monoisotopic (exact) mass is 478 g/mol. The van der Waals surface area contributed by atoms with E-state index >= 15 is 0 Å². The second-order valence-electron chi connectivity index (χ2n) is 8.54. The van der Waals surface area contributed by atoms with E-state index in [1.165, 1.54) is 47.4 Å². The maximum atomic E-state index is 13.8. The molecule has 0 spiro atoms. The average molecular weight is 479 g/mol. The Hall–Kier alpha value is -3.32. The zero-order valence-electron chi connectivity index (χ0n) is 19.0. The van der Waals surface area contributed by atoms with Crippen LogP contribution < -0.4 is 10.2 Å². The van der Waals surface area contributed by atoms with Crippen molar-refractivity contribution >= 4 is 34.6 Å². The first kappa shape index (κ1) is 23.8. The molecule has 4 rings (SSSR count). The Morgan fingerprint density at radius 3 is 2.38 bits per heavy atom. The summed E-state index contributed by atoms with van der Waals surface area (Å²) >= 11 is 1.45. The molecule has 34 heavy (non-hydrogen) atoms. The molecule has 0 saturated heterocycles. The molecule has 1 atom stereocenters. The SMILES string of the molecule is CC(=O)c1ccccc1N(C(=O)Cc1cccs1)[C@@H](C(=O)NC1CCCC1)c1ccc(F)cc1. The number of thiophene rings is 1. The first-order valence-corrected chi connectivity index (χ1v) is 12.3. The number of Topliss-reactive ketones (excluding diaryl/α,β-unsaturated/α-hetero) is 1. The van der Waals surface area contributed by atoms with Gasteiger partial charge in [-0.1, -0.05) is 43.2 Å². The highest BCUT2D eigenvalue weighted by atomic mass is 32.1. The van der Waals surface area contributed by atoms with E-state index in [2.05, 4.69) is 5.32 Å². The lowest BCUT2D eigenvalue weighted by atomic mass is 9.99. The van der Waals surface area contributed by atoms with Crippen molar-refractivity contribution in [1.82, 2.24) is 5.32 Å². The molecule has 1 aliphatic rings. The summed E-state index contributed by atoms with van der Waals surface area (Å²) in [5.41, 5.74) is 1.20. The van der Waals surface area contributed by atoms with E-state index in [1.54, 1.807) is 24.3 Å². The molecule has 0 bridgehead atoms. The predicted octanol–water partition coefficient (Wildman–Crippen LogP) is 5.47. The van der Waals surface area contributed by atoms with Gasteiger partial charge in [0.25, 0.3) is 0 Å². The lowest BCUT2D eigenvalue weighted by Crippen LogP contribution is -2.47. The number of para-hydroxylation sites is 1. The third-order valence-electron chi connectivity index (χ3n) is 6.11. The number of nitrogens with one attached hydrogen (secondary N) is 1. The summed E-state index contributed by atoms with van der Waals surface area (Å²) in [6, 6.07) is 15.1. The van der Waals surface area contributed by atoms with E-state index in [0.29, 0.717) is 16.8 Å². The minimum Gasteiger partial charge on any atom is -0.351 e. The van der Waals surface area contributed by atoms with Crippen molar-refractivity contribution < 1.29 is 18.8 Å². The molecule has 1 fully saturated rings. The lowest BCUT2D eigenvalue weighted by molar-refractivity contribution is -0.127. The quantitative estimate of drug-likeness (QED) is 0.437. The van der Waals surface area contributed by atoms with Crippen molar-refractivity contribution in [2.75, 3.05) is 4.90 Å². The number of ketones is 1. The van der Waals surface area contributed by atoms with Gasteiger partial charge in [-0.3, -0.25) is 19.3 Å². The second kappa shape index (κ2) is 10.7. The number of hydrogen-bond acceptors (Lipinski definition) is 4. The Kier molecular flexibility index (Phi) is 7.53. The van der Waals surface area contributed by atoms with Gasteiger partial charge in [0.2, 0.25) is 11.8 Å². The molecule has 7 heteroatoms. The van der Waals surface area contributed by atoms with Crippen LogP contribution in [0.5, 0.6) is 0 Å².